The Kier molecular flexibility index (Phi) is 3.19. The molecule has 0 aromatic carbocycles. The van der Waals surface area contributed by atoms with Crippen LogP contribution in [0.25, 0.3) is 11.4 Å². The van der Waals surface area contributed by atoms with Gasteiger partial charge >= 0.3 is 0 Å². The number of hydrogen-bond acceptors (Lipinski definition) is 4. The molecule has 100 valence electrons. The summed E-state index contributed by atoms with van der Waals surface area (Å²) in [7, 11) is 0. The summed E-state index contributed by atoms with van der Waals surface area (Å²) < 4.78 is 1.97. The Morgan fingerprint density at radius 3 is 2.84 bits per heavy atom. The highest BCUT2D eigenvalue weighted by atomic mass is 15.3. The average Bonchev–Trinajstić information content (AvgIpc) is 3.16. The van der Waals surface area contributed by atoms with Crippen LogP contribution in [0.1, 0.15) is 38.4 Å². The Labute approximate surface area is 113 Å². The van der Waals surface area contributed by atoms with Gasteiger partial charge in [0.15, 0.2) is 0 Å². The fourth-order valence-corrected chi connectivity index (χ4v) is 2.20. The van der Waals surface area contributed by atoms with Gasteiger partial charge < -0.3 is 5.32 Å². The van der Waals surface area contributed by atoms with Crippen LogP contribution in [0.4, 0.5) is 5.82 Å². The van der Waals surface area contributed by atoms with E-state index in [1.54, 1.807) is 0 Å². The van der Waals surface area contributed by atoms with E-state index in [9.17, 15) is 0 Å². The Morgan fingerprint density at radius 1 is 1.32 bits per heavy atom. The summed E-state index contributed by atoms with van der Waals surface area (Å²) in [5.41, 5.74) is 2.03. The number of rotatable bonds is 5. The molecule has 2 aromatic heterocycles. The van der Waals surface area contributed by atoms with Crippen LogP contribution < -0.4 is 5.32 Å². The second-order valence-electron chi connectivity index (χ2n) is 4.83. The Bertz CT molecular complexity index is 571. The average molecular weight is 257 g/mol. The van der Waals surface area contributed by atoms with Crippen molar-refractivity contribution in [1.82, 2.24) is 19.7 Å². The fraction of sp³-hybridized carbons (Fsp3) is 0.500. The molecule has 0 atom stereocenters. The predicted molar refractivity (Wildman–Crippen MR) is 75.1 cm³/mol. The van der Waals surface area contributed by atoms with E-state index in [0.717, 1.165) is 36.1 Å². The summed E-state index contributed by atoms with van der Waals surface area (Å²) in [5, 5.41) is 7.60. The molecule has 0 saturated heterocycles. The van der Waals surface area contributed by atoms with E-state index in [1.165, 1.54) is 12.8 Å². The lowest BCUT2D eigenvalue weighted by atomic mass is 10.2. The van der Waals surface area contributed by atoms with Gasteiger partial charge in [0.25, 0.3) is 0 Å². The summed E-state index contributed by atoms with van der Waals surface area (Å²) in [4.78, 5) is 9.32. The summed E-state index contributed by atoms with van der Waals surface area (Å²) in [6, 6.07) is 4.02. The highest BCUT2D eigenvalue weighted by molar-refractivity contribution is 5.59. The van der Waals surface area contributed by atoms with E-state index in [-0.39, 0.29) is 0 Å². The maximum atomic E-state index is 4.72. The Morgan fingerprint density at radius 2 is 2.16 bits per heavy atom. The number of aryl methyl sites for hydroxylation is 1. The van der Waals surface area contributed by atoms with E-state index in [4.69, 9.17) is 4.98 Å². The van der Waals surface area contributed by atoms with Crippen molar-refractivity contribution in [2.24, 2.45) is 0 Å². The molecule has 1 aliphatic carbocycles. The zero-order chi connectivity index (χ0) is 13.2. The topological polar surface area (TPSA) is 55.6 Å². The third kappa shape index (κ3) is 2.45. The van der Waals surface area contributed by atoms with Gasteiger partial charge in [-0.2, -0.15) is 5.10 Å². The normalized spacial score (nSPS) is 14.6. The SMILES string of the molecule is CCNc1cc(-c2ccnn2CC)nc(C2CC2)n1. The molecular formula is C14H19N5. The molecule has 5 heteroatoms. The van der Waals surface area contributed by atoms with E-state index < -0.39 is 0 Å². The van der Waals surface area contributed by atoms with Gasteiger partial charge in [0.05, 0.1) is 11.4 Å². The quantitative estimate of drug-likeness (QED) is 0.894. The molecule has 2 heterocycles. The second-order valence-corrected chi connectivity index (χ2v) is 4.83. The molecule has 3 rings (SSSR count). The lowest BCUT2D eigenvalue weighted by Gasteiger charge is -2.09. The maximum Gasteiger partial charge on any atom is 0.134 e. The molecular weight excluding hydrogens is 238 g/mol. The molecule has 0 aliphatic heterocycles. The molecule has 1 N–H and O–H groups in total. The smallest absolute Gasteiger partial charge is 0.134 e. The summed E-state index contributed by atoms with van der Waals surface area (Å²) in [5.74, 6) is 2.44. The number of nitrogens with zero attached hydrogens (tertiary/aromatic N) is 4. The fourth-order valence-electron chi connectivity index (χ4n) is 2.20. The molecule has 1 fully saturated rings. The largest absolute Gasteiger partial charge is 0.370 e. The van der Waals surface area contributed by atoms with Crippen LogP contribution >= 0.6 is 0 Å². The van der Waals surface area contributed by atoms with Gasteiger partial charge in [0.1, 0.15) is 11.6 Å². The van der Waals surface area contributed by atoms with Crippen LogP contribution in [-0.4, -0.2) is 26.3 Å². The minimum absolute atomic E-state index is 0.551. The first-order valence-corrected chi connectivity index (χ1v) is 6.96. The monoisotopic (exact) mass is 257 g/mol. The van der Waals surface area contributed by atoms with E-state index in [2.05, 4.69) is 29.2 Å². The molecule has 2 aromatic rings. The minimum Gasteiger partial charge on any atom is -0.370 e. The van der Waals surface area contributed by atoms with Gasteiger partial charge in [-0.15, -0.1) is 0 Å². The van der Waals surface area contributed by atoms with Gasteiger partial charge in [0, 0.05) is 31.3 Å². The molecule has 0 bridgehead atoms. The van der Waals surface area contributed by atoms with Gasteiger partial charge in [-0.05, 0) is 32.8 Å². The second kappa shape index (κ2) is 4.99. The first kappa shape index (κ1) is 12.1. The lowest BCUT2D eigenvalue weighted by Crippen LogP contribution is -2.06. The molecule has 1 aliphatic rings. The van der Waals surface area contributed by atoms with Crippen molar-refractivity contribution >= 4 is 5.82 Å². The Hall–Kier alpha value is -1.91. The summed E-state index contributed by atoms with van der Waals surface area (Å²) >= 11 is 0. The van der Waals surface area contributed by atoms with E-state index in [0.29, 0.717) is 5.92 Å². The van der Waals surface area contributed by atoms with Gasteiger partial charge in [-0.25, -0.2) is 9.97 Å². The van der Waals surface area contributed by atoms with Crippen LogP contribution in [0.15, 0.2) is 18.3 Å². The van der Waals surface area contributed by atoms with Crippen molar-refractivity contribution in [3.63, 3.8) is 0 Å². The summed E-state index contributed by atoms with van der Waals surface area (Å²) in [6.07, 6.45) is 4.24. The van der Waals surface area contributed by atoms with Crippen LogP contribution in [0.2, 0.25) is 0 Å². The van der Waals surface area contributed by atoms with Gasteiger partial charge in [0.2, 0.25) is 0 Å². The van der Waals surface area contributed by atoms with E-state index in [1.807, 2.05) is 23.0 Å². The van der Waals surface area contributed by atoms with Crippen molar-refractivity contribution in [3.05, 3.63) is 24.2 Å². The maximum absolute atomic E-state index is 4.72. The number of aromatic nitrogens is 4. The van der Waals surface area contributed by atoms with E-state index >= 15 is 0 Å². The van der Waals surface area contributed by atoms with Crippen LogP contribution in [0.3, 0.4) is 0 Å². The zero-order valence-electron chi connectivity index (χ0n) is 11.4. The number of hydrogen-bond donors (Lipinski definition) is 1. The standard InChI is InChI=1S/C14H19N5/c1-3-15-13-9-11(12-7-8-16-19(12)4-2)17-14(18-13)10-5-6-10/h7-10H,3-6H2,1-2H3,(H,15,17,18). The lowest BCUT2D eigenvalue weighted by molar-refractivity contribution is 0.665. The molecule has 0 spiro atoms. The molecule has 5 nitrogen and oxygen atoms in total. The highest BCUT2D eigenvalue weighted by Gasteiger charge is 2.27. The first-order valence-electron chi connectivity index (χ1n) is 6.96. The summed E-state index contributed by atoms with van der Waals surface area (Å²) in [6.45, 7) is 5.88. The molecule has 1 saturated carbocycles. The zero-order valence-corrected chi connectivity index (χ0v) is 11.4. The predicted octanol–water partition coefficient (Wildman–Crippen LogP) is 2.67. The number of anilines is 1. The van der Waals surface area contributed by atoms with Crippen LogP contribution in [0.5, 0.6) is 0 Å². The van der Waals surface area contributed by atoms with Crippen LogP contribution in [0, 0.1) is 0 Å². The molecule has 0 amide bonds. The van der Waals surface area contributed by atoms with Gasteiger partial charge in [-0.1, -0.05) is 0 Å². The van der Waals surface area contributed by atoms with Crippen molar-refractivity contribution in [2.75, 3.05) is 11.9 Å². The Balaban J connectivity index is 2.04. The molecule has 19 heavy (non-hydrogen) atoms. The highest BCUT2D eigenvalue weighted by Crippen LogP contribution is 2.39. The van der Waals surface area contributed by atoms with Crippen molar-refractivity contribution in [3.8, 4) is 11.4 Å². The third-order valence-electron chi connectivity index (χ3n) is 3.32. The minimum atomic E-state index is 0.551. The van der Waals surface area contributed by atoms with Crippen molar-refractivity contribution in [2.45, 2.75) is 39.2 Å². The third-order valence-corrected chi connectivity index (χ3v) is 3.32. The number of nitrogens with one attached hydrogen (secondary N) is 1. The van der Waals surface area contributed by atoms with Gasteiger partial charge in [-0.3, -0.25) is 4.68 Å². The molecule has 0 unspecified atom stereocenters. The van der Waals surface area contributed by atoms with Crippen molar-refractivity contribution in [1.29, 1.82) is 0 Å². The van der Waals surface area contributed by atoms with Crippen molar-refractivity contribution < 1.29 is 0 Å². The van der Waals surface area contributed by atoms with Crippen LogP contribution in [-0.2, 0) is 6.54 Å². The first-order chi connectivity index (χ1) is 9.31. The molecule has 0 radical (unpaired) electrons.